The highest BCUT2D eigenvalue weighted by Crippen LogP contribution is 2.34. The first kappa shape index (κ1) is 19.8. The third-order valence-electron chi connectivity index (χ3n) is 5.90. The molecule has 2 N–H and O–H groups in total. The Kier molecular flexibility index (Phi) is 5.00. The number of hydrogen-bond acceptors (Lipinski definition) is 5. The Labute approximate surface area is 183 Å². The highest BCUT2D eigenvalue weighted by molar-refractivity contribution is 6.31. The maximum absolute atomic E-state index is 13.1. The zero-order valence-corrected chi connectivity index (χ0v) is 17.5. The van der Waals surface area contributed by atoms with Crippen molar-refractivity contribution < 1.29 is 9.21 Å². The van der Waals surface area contributed by atoms with E-state index in [9.17, 15) is 9.59 Å². The van der Waals surface area contributed by atoms with Crippen LogP contribution >= 0.6 is 11.6 Å². The van der Waals surface area contributed by atoms with E-state index in [-0.39, 0.29) is 17.6 Å². The summed E-state index contributed by atoms with van der Waals surface area (Å²) in [6.07, 6.45) is 1.66. The van der Waals surface area contributed by atoms with Crippen LogP contribution in [-0.4, -0.2) is 39.5 Å². The lowest BCUT2D eigenvalue weighted by molar-refractivity contribution is -0.122. The molecule has 1 atom stereocenters. The van der Waals surface area contributed by atoms with Gasteiger partial charge < -0.3 is 10.2 Å². The first-order valence-corrected chi connectivity index (χ1v) is 10.6. The van der Waals surface area contributed by atoms with E-state index < -0.39 is 0 Å². The molecule has 0 spiro atoms. The molecule has 1 amide bonds. The molecule has 4 aromatic rings. The molecule has 1 fully saturated rings. The number of carbonyl (C=O) groups is 1. The van der Waals surface area contributed by atoms with Crippen molar-refractivity contribution in [3.63, 3.8) is 0 Å². The second-order valence-electron chi connectivity index (χ2n) is 7.78. The van der Waals surface area contributed by atoms with Crippen molar-refractivity contribution in [1.82, 2.24) is 14.5 Å². The highest BCUT2D eigenvalue weighted by Gasteiger charge is 2.29. The van der Waals surface area contributed by atoms with Gasteiger partial charge in [0.1, 0.15) is 16.8 Å². The number of nitrogens with zero attached hydrogens (tertiary/aromatic N) is 3. The van der Waals surface area contributed by atoms with Gasteiger partial charge in [0.25, 0.3) is 0 Å². The monoisotopic (exact) mass is 436 g/mol. The SMILES string of the molecule is NC(=O)C1CCCN1CCn1c(=O)nc(-c2ccccc2)c2oc3ccc(Cl)cc3c21. The summed E-state index contributed by atoms with van der Waals surface area (Å²) in [6, 6.07) is 14.5. The summed E-state index contributed by atoms with van der Waals surface area (Å²) >= 11 is 6.26. The number of fused-ring (bicyclic) bond motifs is 3. The molecule has 2 aromatic carbocycles. The molecule has 1 unspecified atom stereocenters. The van der Waals surface area contributed by atoms with E-state index in [1.165, 1.54) is 0 Å². The number of furan rings is 1. The van der Waals surface area contributed by atoms with E-state index in [0.29, 0.717) is 40.5 Å². The number of primary amides is 1. The fourth-order valence-corrected chi connectivity index (χ4v) is 4.60. The molecule has 3 heterocycles. The Morgan fingerprint density at radius 1 is 1.19 bits per heavy atom. The number of likely N-dealkylation sites (tertiary alicyclic amines) is 1. The van der Waals surface area contributed by atoms with Crippen molar-refractivity contribution in [2.45, 2.75) is 25.4 Å². The van der Waals surface area contributed by atoms with E-state index in [1.807, 2.05) is 35.2 Å². The minimum atomic E-state index is -0.371. The minimum absolute atomic E-state index is 0.293. The Morgan fingerprint density at radius 3 is 2.77 bits per heavy atom. The van der Waals surface area contributed by atoms with Gasteiger partial charge in [-0.1, -0.05) is 41.9 Å². The van der Waals surface area contributed by atoms with Gasteiger partial charge in [-0.15, -0.1) is 0 Å². The summed E-state index contributed by atoms with van der Waals surface area (Å²) in [5, 5.41) is 1.31. The van der Waals surface area contributed by atoms with Crippen LogP contribution in [0.15, 0.2) is 57.7 Å². The molecular weight excluding hydrogens is 416 g/mol. The van der Waals surface area contributed by atoms with Gasteiger partial charge in [-0.3, -0.25) is 14.3 Å². The quantitative estimate of drug-likeness (QED) is 0.517. The summed E-state index contributed by atoms with van der Waals surface area (Å²) < 4.78 is 7.76. The lowest BCUT2D eigenvalue weighted by Gasteiger charge is -2.22. The molecule has 1 aliphatic heterocycles. The van der Waals surface area contributed by atoms with E-state index in [4.69, 9.17) is 21.8 Å². The molecule has 8 heteroatoms. The summed E-state index contributed by atoms with van der Waals surface area (Å²) in [5.74, 6) is -0.326. The van der Waals surface area contributed by atoms with Crippen molar-refractivity contribution in [2.75, 3.05) is 13.1 Å². The third kappa shape index (κ3) is 3.49. The molecule has 7 nitrogen and oxygen atoms in total. The number of aromatic nitrogens is 2. The van der Waals surface area contributed by atoms with Crippen LogP contribution < -0.4 is 11.4 Å². The Hall–Kier alpha value is -3.16. The van der Waals surface area contributed by atoms with Gasteiger partial charge in [-0.25, -0.2) is 4.79 Å². The number of rotatable bonds is 5. The predicted octanol–water partition coefficient (Wildman–Crippen LogP) is 3.41. The average molecular weight is 437 g/mol. The molecule has 2 aromatic heterocycles. The van der Waals surface area contributed by atoms with Gasteiger partial charge in [0.05, 0.1) is 6.04 Å². The molecule has 1 aliphatic rings. The first-order valence-electron chi connectivity index (χ1n) is 10.2. The lowest BCUT2D eigenvalue weighted by atomic mass is 10.1. The smallest absolute Gasteiger partial charge is 0.348 e. The third-order valence-corrected chi connectivity index (χ3v) is 6.13. The number of amides is 1. The number of halogens is 1. The molecule has 0 bridgehead atoms. The lowest BCUT2D eigenvalue weighted by Crippen LogP contribution is -2.42. The summed E-state index contributed by atoms with van der Waals surface area (Å²) in [4.78, 5) is 31.3. The number of carbonyl (C=O) groups excluding carboxylic acids is 1. The highest BCUT2D eigenvalue weighted by atomic mass is 35.5. The van der Waals surface area contributed by atoms with E-state index >= 15 is 0 Å². The molecule has 5 rings (SSSR count). The number of hydrogen-bond donors (Lipinski definition) is 1. The maximum atomic E-state index is 13.1. The summed E-state index contributed by atoms with van der Waals surface area (Å²) in [7, 11) is 0. The first-order chi connectivity index (χ1) is 15.0. The van der Waals surface area contributed by atoms with Crippen LogP contribution in [0.4, 0.5) is 0 Å². The maximum Gasteiger partial charge on any atom is 0.348 e. The van der Waals surface area contributed by atoms with Crippen LogP contribution in [0.5, 0.6) is 0 Å². The number of benzene rings is 2. The average Bonchev–Trinajstić information content (AvgIpc) is 3.38. The topological polar surface area (TPSA) is 94.4 Å². The minimum Gasteiger partial charge on any atom is -0.452 e. The van der Waals surface area contributed by atoms with Crippen molar-refractivity contribution in [2.24, 2.45) is 5.73 Å². The van der Waals surface area contributed by atoms with E-state index in [0.717, 1.165) is 30.3 Å². The fourth-order valence-electron chi connectivity index (χ4n) is 4.43. The molecule has 0 saturated carbocycles. The summed E-state index contributed by atoms with van der Waals surface area (Å²) in [6.45, 7) is 1.66. The van der Waals surface area contributed by atoms with Crippen molar-refractivity contribution in [3.8, 4) is 11.3 Å². The van der Waals surface area contributed by atoms with Crippen LogP contribution in [0, 0.1) is 0 Å². The molecule has 158 valence electrons. The van der Waals surface area contributed by atoms with Crippen LogP contribution in [0.2, 0.25) is 5.02 Å². The Balaban J connectivity index is 1.67. The molecule has 0 radical (unpaired) electrons. The normalized spacial score (nSPS) is 17.0. The summed E-state index contributed by atoms with van der Waals surface area (Å²) in [5.41, 5.74) is 8.30. The largest absolute Gasteiger partial charge is 0.452 e. The molecular formula is C23H21ClN4O3. The Morgan fingerprint density at radius 2 is 2.00 bits per heavy atom. The molecule has 31 heavy (non-hydrogen) atoms. The van der Waals surface area contributed by atoms with Gasteiger partial charge in [0.15, 0.2) is 5.58 Å². The van der Waals surface area contributed by atoms with Gasteiger partial charge in [-0.2, -0.15) is 4.98 Å². The van der Waals surface area contributed by atoms with Crippen LogP contribution in [0.25, 0.3) is 33.3 Å². The zero-order valence-electron chi connectivity index (χ0n) is 16.8. The van der Waals surface area contributed by atoms with Crippen molar-refractivity contribution in [1.29, 1.82) is 0 Å². The van der Waals surface area contributed by atoms with Gasteiger partial charge in [-0.05, 0) is 37.6 Å². The molecule has 0 aliphatic carbocycles. The van der Waals surface area contributed by atoms with Gasteiger partial charge in [0, 0.05) is 29.1 Å². The Bertz CT molecular complexity index is 1350. The van der Waals surface area contributed by atoms with Gasteiger partial charge in [0.2, 0.25) is 5.91 Å². The van der Waals surface area contributed by atoms with Crippen LogP contribution in [0.1, 0.15) is 12.8 Å². The standard InChI is InChI=1S/C23H21ClN4O3/c24-15-8-9-18-16(13-15)20-21(31-18)19(14-5-2-1-3-6-14)26-23(30)28(20)12-11-27-10-4-7-17(27)22(25)29/h1-3,5-6,8-9,13,17H,4,7,10-12H2,(H2,25,29). The zero-order chi connectivity index (χ0) is 21.5. The van der Waals surface area contributed by atoms with Crippen LogP contribution in [0.3, 0.4) is 0 Å². The predicted molar refractivity (Wildman–Crippen MR) is 120 cm³/mol. The fraction of sp³-hybridized carbons (Fsp3) is 0.261. The van der Waals surface area contributed by atoms with Crippen molar-refractivity contribution >= 4 is 39.6 Å². The van der Waals surface area contributed by atoms with E-state index in [1.54, 1.807) is 22.8 Å². The second-order valence-corrected chi connectivity index (χ2v) is 8.21. The number of nitrogens with two attached hydrogens (primary N) is 1. The van der Waals surface area contributed by atoms with E-state index in [2.05, 4.69) is 4.98 Å². The van der Waals surface area contributed by atoms with Crippen molar-refractivity contribution in [3.05, 3.63) is 64.0 Å². The van der Waals surface area contributed by atoms with Gasteiger partial charge >= 0.3 is 5.69 Å². The second kappa shape index (κ2) is 7.83. The molecule has 1 saturated heterocycles. The van der Waals surface area contributed by atoms with Crippen LogP contribution in [-0.2, 0) is 11.3 Å².